The smallest absolute Gasteiger partial charge is 0.347 e. The molecular weight excluding hydrogens is 301 g/mol. The number of rotatable bonds is 5. The van der Waals surface area contributed by atoms with Crippen LogP contribution in [0, 0.1) is 15.9 Å². The fraction of sp³-hybridized carbons (Fsp3) is 0.167. The average molecular weight is 311 g/mol. The Morgan fingerprint density at radius 2 is 2.29 bits per heavy atom. The van der Waals surface area contributed by atoms with Crippen molar-refractivity contribution in [3.8, 4) is 0 Å². The van der Waals surface area contributed by atoms with Crippen LogP contribution in [0.5, 0.6) is 0 Å². The van der Waals surface area contributed by atoms with Crippen molar-refractivity contribution in [2.75, 3.05) is 5.32 Å². The molecule has 2 rings (SSSR count). The number of carboxylic acid groups (broad SMARTS) is 1. The molecule has 0 saturated carbocycles. The van der Waals surface area contributed by atoms with E-state index in [-0.39, 0.29) is 21.4 Å². The topological polar surface area (TPSA) is 105 Å². The van der Waals surface area contributed by atoms with Crippen molar-refractivity contribution in [2.24, 2.45) is 0 Å². The number of aromatic carboxylic acids is 1. The van der Waals surface area contributed by atoms with Gasteiger partial charge in [0.2, 0.25) is 0 Å². The van der Waals surface area contributed by atoms with E-state index in [1.807, 2.05) is 0 Å². The van der Waals surface area contributed by atoms with Gasteiger partial charge in [0.1, 0.15) is 16.4 Å². The third kappa shape index (κ3) is 3.14. The summed E-state index contributed by atoms with van der Waals surface area (Å²) < 4.78 is 13.2. The second-order valence-electron chi connectivity index (χ2n) is 4.00. The van der Waals surface area contributed by atoms with Gasteiger partial charge in [0.15, 0.2) is 5.13 Å². The third-order valence-electron chi connectivity index (χ3n) is 2.62. The number of thiazole rings is 1. The maximum Gasteiger partial charge on any atom is 0.347 e. The van der Waals surface area contributed by atoms with Crippen molar-refractivity contribution in [3.05, 3.63) is 44.7 Å². The maximum absolute atomic E-state index is 13.2. The molecule has 0 saturated heterocycles. The number of carboxylic acids is 1. The number of nitro groups is 1. The van der Waals surface area contributed by atoms with E-state index in [0.717, 1.165) is 29.5 Å². The summed E-state index contributed by atoms with van der Waals surface area (Å²) >= 11 is 0.846. The first kappa shape index (κ1) is 14.9. The molecule has 0 fully saturated rings. The Labute approximate surface area is 122 Å². The molecule has 9 heteroatoms. The van der Waals surface area contributed by atoms with Crippen molar-refractivity contribution in [3.63, 3.8) is 0 Å². The first-order chi connectivity index (χ1) is 9.92. The molecule has 0 atom stereocenters. The van der Waals surface area contributed by atoms with E-state index in [4.69, 9.17) is 5.11 Å². The third-order valence-corrected chi connectivity index (χ3v) is 3.62. The highest BCUT2D eigenvalue weighted by atomic mass is 32.1. The van der Waals surface area contributed by atoms with Crippen LogP contribution >= 0.6 is 11.3 Å². The lowest BCUT2D eigenvalue weighted by Crippen LogP contribution is -1.98. The summed E-state index contributed by atoms with van der Waals surface area (Å²) in [5.41, 5.74) is -0.0241. The molecule has 0 aliphatic heterocycles. The number of hydrogen-bond donors (Lipinski definition) is 2. The van der Waals surface area contributed by atoms with Crippen LogP contribution in [0.1, 0.15) is 22.3 Å². The minimum Gasteiger partial charge on any atom is -0.477 e. The Kier molecular flexibility index (Phi) is 4.13. The van der Waals surface area contributed by atoms with Crippen molar-refractivity contribution in [1.82, 2.24) is 4.98 Å². The predicted octanol–water partition coefficient (Wildman–Crippen LogP) is 3.19. The van der Waals surface area contributed by atoms with Crippen LogP contribution in [0.2, 0.25) is 0 Å². The molecular formula is C12H10FN3O4S. The summed E-state index contributed by atoms with van der Waals surface area (Å²) in [6, 6.07) is 2.97. The van der Waals surface area contributed by atoms with Crippen LogP contribution in [-0.2, 0) is 6.42 Å². The Bertz CT molecular complexity index is 717. The Morgan fingerprint density at radius 1 is 1.57 bits per heavy atom. The average Bonchev–Trinajstić information content (AvgIpc) is 2.81. The van der Waals surface area contributed by atoms with Crippen LogP contribution in [0.3, 0.4) is 0 Å². The molecule has 0 bridgehead atoms. The van der Waals surface area contributed by atoms with Crippen LogP contribution in [0.25, 0.3) is 0 Å². The first-order valence-electron chi connectivity index (χ1n) is 5.86. The number of carbonyl (C=O) groups is 1. The maximum atomic E-state index is 13.2. The summed E-state index contributed by atoms with van der Waals surface area (Å²) in [7, 11) is 0. The van der Waals surface area contributed by atoms with Crippen molar-refractivity contribution < 1.29 is 19.2 Å². The van der Waals surface area contributed by atoms with Gasteiger partial charge in [-0.3, -0.25) is 10.1 Å². The van der Waals surface area contributed by atoms with Gasteiger partial charge < -0.3 is 10.4 Å². The standard InChI is InChI=1S/C12H10FN3O4S/c1-2-7-10(11(17)18)21-12(14-7)15-8-5-6(13)3-4-9(8)16(19)20/h3-5H,2H2,1H3,(H,14,15)(H,17,18). The van der Waals surface area contributed by atoms with Crippen molar-refractivity contribution in [2.45, 2.75) is 13.3 Å². The zero-order valence-corrected chi connectivity index (χ0v) is 11.6. The van der Waals surface area contributed by atoms with Gasteiger partial charge in [0.25, 0.3) is 5.69 Å². The molecule has 21 heavy (non-hydrogen) atoms. The number of aromatic nitrogens is 1. The molecule has 0 spiro atoms. The molecule has 2 N–H and O–H groups in total. The molecule has 0 aliphatic rings. The van der Waals surface area contributed by atoms with Gasteiger partial charge in [-0.2, -0.15) is 0 Å². The van der Waals surface area contributed by atoms with Gasteiger partial charge in [-0.05, 0) is 12.5 Å². The largest absolute Gasteiger partial charge is 0.477 e. The Hall–Kier alpha value is -2.55. The van der Waals surface area contributed by atoms with Gasteiger partial charge in [-0.25, -0.2) is 14.2 Å². The minimum atomic E-state index is -1.12. The summed E-state index contributed by atoms with van der Waals surface area (Å²) in [6.45, 7) is 1.75. The molecule has 2 aromatic rings. The zero-order valence-electron chi connectivity index (χ0n) is 10.8. The van der Waals surface area contributed by atoms with E-state index in [0.29, 0.717) is 12.1 Å². The van der Waals surface area contributed by atoms with E-state index in [9.17, 15) is 19.3 Å². The Balaban J connectivity index is 2.40. The number of benzene rings is 1. The van der Waals surface area contributed by atoms with E-state index in [1.165, 1.54) is 0 Å². The lowest BCUT2D eigenvalue weighted by molar-refractivity contribution is -0.384. The fourth-order valence-electron chi connectivity index (χ4n) is 1.69. The van der Waals surface area contributed by atoms with Gasteiger partial charge in [-0.15, -0.1) is 0 Å². The van der Waals surface area contributed by atoms with Gasteiger partial charge in [0, 0.05) is 12.1 Å². The highest BCUT2D eigenvalue weighted by Crippen LogP contribution is 2.31. The number of anilines is 2. The van der Waals surface area contributed by atoms with E-state index in [2.05, 4.69) is 10.3 Å². The second-order valence-corrected chi connectivity index (χ2v) is 5.00. The summed E-state index contributed by atoms with van der Waals surface area (Å²) in [5.74, 6) is -1.76. The number of hydrogen-bond acceptors (Lipinski definition) is 6. The molecule has 1 aromatic carbocycles. The van der Waals surface area contributed by atoms with E-state index < -0.39 is 16.7 Å². The number of halogens is 1. The van der Waals surface area contributed by atoms with E-state index >= 15 is 0 Å². The molecule has 0 amide bonds. The zero-order chi connectivity index (χ0) is 15.6. The SMILES string of the molecule is CCc1nc(Nc2cc(F)ccc2[N+](=O)[O-])sc1C(=O)O. The quantitative estimate of drug-likeness (QED) is 0.649. The number of nitro benzene ring substituents is 1. The van der Waals surface area contributed by atoms with E-state index in [1.54, 1.807) is 6.92 Å². The van der Waals surface area contributed by atoms with Crippen LogP contribution in [0.4, 0.5) is 20.9 Å². The van der Waals surface area contributed by atoms with Gasteiger partial charge >= 0.3 is 5.97 Å². The lowest BCUT2D eigenvalue weighted by atomic mass is 10.2. The van der Waals surface area contributed by atoms with Crippen molar-refractivity contribution >= 4 is 33.8 Å². The summed E-state index contributed by atoms with van der Waals surface area (Å²) in [6.07, 6.45) is 0.408. The predicted molar refractivity (Wildman–Crippen MR) is 74.8 cm³/mol. The lowest BCUT2D eigenvalue weighted by Gasteiger charge is -2.03. The second kappa shape index (κ2) is 5.83. The molecule has 1 aromatic heterocycles. The number of nitrogens with one attached hydrogen (secondary N) is 1. The first-order valence-corrected chi connectivity index (χ1v) is 6.68. The van der Waals surface area contributed by atoms with Crippen LogP contribution in [0.15, 0.2) is 18.2 Å². The molecule has 0 aliphatic carbocycles. The molecule has 7 nitrogen and oxygen atoms in total. The summed E-state index contributed by atoms with van der Waals surface area (Å²) in [4.78, 5) is 25.4. The number of nitrogens with zero attached hydrogens (tertiary/aromatic N) is 2. The fourth-order valence-corrected chi connectivity index (χ4v) is 2.60. The molecule has 1 heterocycles. The molecule has 110 valence electrons. The van der Waals surface area contributed by atoms with Crippen LogP contribution < -0.4 is 5.32 Å². The van der Waals surface area contributed by atoms with Crippen molar-refractivity contribution in [1.29, 1.82) is 0 Å². The Morgan fingerprint density at radius 3 is 2.81 bits per heavy atom. The molecule has 0 unspecified atom stereocenters. The minimum absolute atomic E-state index is 0.0547. The monoisotopic (exact) mass is 311 g/mol. The highest BCUT2D eigenvalue weighted by Gasteiger charge is 2.19. The van der Waals surface area contributed by atoms with Gasteiger partial charge in [0.05, 0.1) is 10.6 Å². The summed E-state index contributed by atoms with van der Waals surface area (Å²) in [5, 5.41) is 22.7. The highest BCUT2D eigenvalue weighted by molar-refractivity contribution is 7.17. The van der Waals surface area contributed by atoms with Crippen LogP contribution in [-0.4, -0.2) is 21.0 Å². The molecule has 0 radical (unpaired) electrons. The normalized spacial score (nSPS) is 10.4. The van der Waals surface area contributed by atoms with Gasteiger partial charge in [-0.1, -0.05) is 18.3 Å². The number of aryl methyl sites for hydroxylation is 1.